The Balaban J connectivity index is 2.24. The highest BCUT2D eigenvalue weighted by atomic mass is 79.9. The second kappa shape index (κ2) is 7.20. The minimum absolute atomic E-state index is 0.181. The molecule has 0 saturated carbocycles. The maximum atomic E-state index is 6.19. The van der Waals surface area contributed by atoms with Crippen molar-refractivity contribution in [3.05, 3.63) is 45.4 Å². The zero-order valence-corrected chi connectivity index (χ0v) is 13.9. The van der Waals surface area contributed by atoms with Crippen LogP contribution in [0.25, 0.3) is 0 Å². The van der Waals surface area contributed by atoms with Crippen LogP contribution in [-0.2, 0) is 13.0 Å². The number of likely N-dealkylation sites (N-methyl/N-ethyl adjacent to an activating group) is 1. The van der Waals surface area contributed by atoms with Gasteiger partial charge in [-0.1, -0.05) is 24.6 Å². The van der Waals surface area contributed by atoms with E-state index in [0.29, 0.717) is 0 Å². The van der Waals surface area contributed by atoms with Crippen LogP contribution in [-0.4, -0.2) is 21.3 Å². The molecule has 0 radical (unpaired) electrons. The summed E-state index contributed by atoms with van der Waals surface area (Å²) >= 11 is 9.61. The van der Waals surface area contributed by atoms with Crippen LogP contribution < -0.4 is 5.32 Å². The van der Waals surface area contributed by atoms with Gasteiger partial charge in [0.2, 0.25) is 0 Å². The zero-order chi connectivity index (χ0) is 14.5. The van der Waals surface area contributed by atoms with Gasteiger partial charge in [0.1, 0.15) is 12.2 Å². The van der Waals surface area contributed by atoms with Gasteiger partial charge in [-0.25, -0.2) is 4.98 Å². The zero-order valence-electron chi connectivity index (χ0n) is 11.6. The van der Waals surface area contributed by atoms with Crippen molar-refractivity contribution in [2.45, 2.75) is 32.9 Å². The van der Waals surface area contributed by atoms with Crippen molar-refractivity contribution >= 4 is 27.5 Å². The van der Waals surface area contributed by atoms with E-state index in [-0.39, 0.29) is 6.04 Å². The summed E-state index contributed by atoms with van der Waals surface area (Å²) in [6.45, 7) is 5.88. The van der Waals surface area contributed by atoms with Gasteiger partial charge in [-0.15, -0.1) is 0 Å². The molecule has 1 atom stereocenters. The van der Waals surface area contributed by atoms with E-state index >= 15 is 0 Å². The molecule has 1 heterocycles. The van der Waals surface area contributed by atoms with E-state index in [9.17, 15) is 0 Å². The lowest BCUT2D eigenvalue weighted by Crippen LogP contribution is -2.24. The van der Waals surface area contributed by atoms with Crippen molar-refractivity contribution in [3.63, 3.8) is 0 Å². The smallest absolute Gasteiger partial charge is 0.138 e. The van der Waals surface area contributed by atoms with Crippen molar-refractivity contribution in [2.24, 2.45) is 0 Å². The quantitative estimate of drug-likeness (QED) is 0.859. The highest BCUT2D eigenvalue weighted by Crippen LogP contribution is 2.27. The first-order chi connectivity index (χ1) is 9.65. The van der Waals surface area contributed by atoms with Gasteiger partial charge in [-0.05, 0) is 47.1 Å². The van der Waals surface area contributed by atoms with Gasteiger partial charge < -0.3 is 5.32 Å². The highest BCUT2D eigenvalue weighted by molar-refractivity contribution is 9.10. The number of benzene rings is 1. The van der Waals surface area contributed by atoms with Crippen molar-refractivity contribution in [1.29, 1.82) is 0 Å². The number of aromatic nitrogens is 3. The summed E-state index contributed by atoms with van der Waals surface area (Å²) in [7, 11) is 0. The first kappa shape index (κ1) is 15.5. The van der Waals surface area contributed by atoms with Gasteiger partial charge >= 0.3 is 0 Å². The Morgan fingerprint density at radius 1 is 1.40 bits per heavy atom. The maximum absolute atomic E-state index is 6.19. The van der Waals surface area contributed by atoms with Gasteiger partial charge in [0, 0.05) is 23.5 Å². The van der Waals surface area contributed by atoms with E-state index in [1.807, 2.05) is 16.8 Å². The fraction of sp³-hybridized carbons (Fsp3) is 0.429. The molecule has 4 nitrogen and oxygen atoms in total. The monoisotopic (exact) mass is 356 g/mol. The molecule has 20 heavy (non-hydrogen) atoms. The number of hydrogen-bond donors (Lipinski definition) is 1. The van der Waals surface area contributed by atoms with Gasteiger partial charge in [0.05, 0.1) is 5.02 Å². The Hall–Kier alpha value is -0.910. The average Bonchev–Trinajstić information content (AvgIpc) is 2.88. The number of rotatable bonds is 6. The molecule has 0 spiro atoms. The van der Waals surface area contributed by atoms with Crippen LogP contribution in [0.1, 0.15) is 31.3 Å². The molecular formula is C14H18BrClN4. The van der Waals surface area contributed by atoms with Crippen LogP contribution >= 0.6 is 27.5 Å². The average molecular weight is 358 g/mol. The van der Waals surface area contributed by atoms with Gasteiger partial charge in [-0.2, -0.15) is 5.10 Å². The molecule has 0 bridgehead atoms. The second-order valence-electron chi connectivity index (χ2n) is 4.48. The molecule has 1 aromatic heterocycles. The summed E-state index contributed by atoms with van der Waals surface area (Å²) in [5.41, 5.74) is 1.16. The molecule has 1 unspecified atom stereocenters. The maximum Gasteiger partial charge on any atom is 0.138 e. The summed E-state index contributed by atoms with van der Waals surface area (Å²) in [6, 6.07) is 6.23. The fourth-order valence-corrected chi connectivity index (χ4v) is 2.61. The normalized spacial score (nSPS) is 12.6. The van der Waals surface area contributed by atoms with Crippen LogP contribution in [0.3, 0.4) is 0 Å². The molecular weight excluding hydrogens is 340 g/mol. The summed E-state index contributed by atoms with van der Waals surface area (Å²) < 4.78 is 2.83. The minimum atomic E-state index is 0.181. The highest BCUT2D eigenvalue weighted by Gasteiger charge is 2.15. The molecule has 1 aromatic carbocycles. The molecule has 0 aliphatic heterocycles. The lowest BCUT2D eigenvalue weighted by molar-refractivity contribution is 0.509. The molecule has 6 heteroatoms. The van der Waals surface area contributed by atoms with Gasteiger partial charge in [0.15, 0.2) is 0 Å². The summed E-state index contributed by atoms with van der Waals surface area (Å²) in [6.07, 6.45) is 2.40. The Kier molecular flexibility index (Phi) is 5.57. The number of aryl methyl sites for hydroxylation is 1. The lowest BCUT2D eigenvalue weighted by Gasteiger charge is -2.18. The van der Waals surface area contributed by atoms with Crippen LogP contribution in [0.15, 0.2) is 29.0 Å². The third-order valence-electron chi connectivity index (χ3n) is 3.18. The van der Waals surface area contributed by atoms with Crippen molar-refractivity contribution < 1.29 is 0 Å². The van der Waals surface area contributed by atoms with E-state index in [4.69, 9.17) is 11.6 Å². The van der Waals surface area contributed by atoms with Gasteiger partial charge in [-0.3, -0.25) is 4.68 Å². The Morgan fingerprint density at radius 3 is 2.85 bits per heavy atom. The van der Waals surface area contributed by atoms with Crippen molar-refractivity contribution in [3.8, 4) is 0 Å². The molecule has 0 aliphatic rings. The number of nitrogens with one attached hydrogen (secondary N) is 1. The van der Waals surface area contributed by atoms with Crippen LogP contribution in [0.5, 0.6) is 0 Å². The summed E-state index contributed by atoms with van der Waals surface area (Å²) in [5, 5.41) is 8.42. The SMILES string of the molecule is CCNC(Cc1ncnn1CC)c1ccc(Br)c(Cl)c1. The van der Waals surface area contributed by atoms with E-state index in [2.05, 4.69) is 51.2 Å². The van der Waals surface area contributed by atoms with E-state index in [1.54, 1.807) is 6.33 Å². The number of halogens is 2. The predicted octanol–water partition coefficient (Wildman–Crippen LogP) is 3.61. The fourth-order valence-electron chi connectivity index (χ4n) is 2.18. The molecule has 0 fully saturated rings. The Bertz CT molecular complexity index is 570. The lowest BCUT2D eigenvalue weighted by atomic mass is 10.0. The van der Waals surface area contributed by atoms with E-state index < -0.39 is 0 Å². The largest absolute Gasteiger partial charge is 0.310 e. The molecule has 0 aliphatic carbocycles. The van der Waals surface area contributed by atoms with E-state index in [0.717, 1.165) is 40.4 Å². The van der Waals surface area contributed by atoms with Crippen LogP contribution in [0, 0.1) is 0 Å². The molecule has 2 rings (SSSR count). The van der Waals surface area contributed by atoms with Crippen LogP contribution in [0.4, 0.5) is 0 Å². The number of nitrogens with zero attached hydrogens (tertiary/aromatic N) is 3. The predicted molar refractivity (Wildman–Crippen MR) is 85.0 cm³/mol. The van der Waals surface area contributed by atoms with E-state index in [1.165, 1.54) is 0 Å². The molecule has 2 aromatic rings. The van der Waals surface area contributed by atoms with Crippen molar-refractivity contribution in [1.82, 2.24) is 20.1 Å². The first-order valence-electron chi connectivity index (χ1n) is 6.70. The standard InChI is InChI=1S/C14H18BrClN4/c1-3-17-13(8-14-18-9-19-20(14)4-2)10-5-6-11(15)12(16)7-10/h5-7,9,13,17H,3-4,8H2,1-2H3. The minimum Gasteiger partial charge on any atom is -0.310 e. The molecule has 0 saturated heterocycles. The summed E-state index contributed by atoms with van der Waals surface area (Å²) in [4.78, 5) is 4.34. The molecule has 1 N–H and O–H groups in total. The third-order valence-corrected chi connectivity index (χ3v) is 4.41. The summed E-state index contributed by atoms with van der Waals surface area (Å²) in [5.74, 6) is 0.984. The van der Waals surface area contributed by atoms with Gasteiger partial charge in [0.25, 0.3) is 0 Å². The Morgan fingerprint density at radius 2 is 2.20 bits per heavy atom. The third kappa shape index (κ3) is 3.59. The molecule has 108 valence electrons. The molecule has 0 amide bonds. The van der Waals surface area contributed by atoms with Crippen molar-refractivity contribution in [2.75, 3.05) is 6.54 Å². The Labute approximate surface area is 132 Å². The van der Waals surface area contributed by atoms with Crippen LogP contribution in [0.2, 0.25) is 5.02 Å². The topological polar surface area (TPSA) is 42.7 Å². The second-order valence-corrected chi connectivity index (χ2v) is 5.74. The number of hydrogen-bond acceptors (Lipinski definition) is 3. The first-order valence-corrected chi connectivity index (χ1v) is 7.87.